The Kier molecular flexibility index (Phi) is 5.86. The molecule has 1 aliphatic rings. The minimum absolute atomic E-state index is 0.196. The Hall–Kier alpha value is -1.50. The van der Waals surface area contributed by atoms with Gasteiger partial charge in [-0.1, -0.05) is 44.0 Å². The minimum Gasteiger partial charge on any atom is -0.434 e. The second-order valence-electron chi connectivity index (χ2n) is 6.60. The number of ether oxygens (including phenoxy) is 3. The molecule has 25 heavy (non-hydrogen) atoms. The Labute approximate surface area is 157 Å². The van der Waals surface area contributed by atoms with Crippen LogP contribution in [-0.4, -0.2) is 31.5 Å². The molecule has 6 nitrogen and oxygen atoms in total. The van der Waals surface area contributed by atoms with Crippen LogP contribution in [0.3, 0.4) is 0 Å². The van der Waals surface area contributed by atoms with Crippen LogP contribution in [0.15, 0.2) is 23.3 Å². The van der Waals surface area contributed by atoms with Crippen LogP contribution in [-0.2, 0) is 14.2 Å². The molecule has 1 atom stereocenters. The molecule has 8 heteroatoms. The van der Waals surface area contributed by atoms with Crippen molar-refractivity contribution in [2.75, 3.05) is 18.7 Å². The summed E-state index contributed by atoms with van der Waals surface area (Å²) in [6.07, 6.45) is -0.547. The number of benzene rings is 1. The molecule has 0 radical (unpaired) electrons. The van der Waals surface area contributed by atoms with Crippen LogP contribution in [0.4, 0.5) is 10.5 Å². The molecule has 0 saturated heterocycles. The number of carbonyl (C=O) groups excluding carboxylic acids is 1. The van der Waals surface area contributed by atoms with E-state index in [0.717, 1.165) is 0 Å². The van der Waals surface area contributed by atoms with E-state index in [4.69, 9.17) is 37.4 Å². The normalized spacial score (nSPS) is 20.4. The SMILES string of the molecule is CCOC(=O)OC1=NN(c2ccc(Cl)cc2Cl)C(OC)(C(C)(C)C)C1. The molecule has 0 aromatic heterocycles. The van der Waals surface area contributed by atoms with E-state index in [9.17, 15) is 4.79 Å². The van der Waals surface area contributed by atoms with Crippen LogP contribution in [0.1, 0.15) is 34.1 Å². The fourth-order valence-corrected chi connectivity index (χ4v) is 3.25. The van der Waals surface area contributed by atoms with Gasteiger partial charge in [-0.2, -0.15) is 0 Å². The lowest BCUT2D eigenvalue weighted by Gasteiger charge is -2.45. The van der Waals surface area contributed by atoms with E-state index in [-0.39, 0.29) is 24.3 Å². The zero-order valence-corrected chi connectivity index (χ0v) is 16.4. The summed E-state index contributed by atoms with van der Waals surface area (Å²) in [5, 5.41) is 7.00. The van der Waals surface area contributed by atoms with Gasteiger partial charge >= 0.3 is 6.16 Å². The Balaban J connectivity index is 2.48. The van der Waals surface area contributed by atoms with Crippen LogP contribution >= 0.6 is 23.2 Å². The highest BCUT2D eigenvalue weighted by molar-refractivity contribution is 6.36. The first kappa shape index (κ1) is 19.8. The summed E-state index contributed by atoms with van der Waals surface area (Å²) in [6.45, 7) is 7.95. The average Bonchev–Trinajstić information content (AvgIpc) is 2.86. The Bertz CT molecular complexity index is 688. The molecule has 1 heterocycles. The minimum atomic E-state index is -0.897. The van der Waals surface area contributed by atoms with Gasteiger partial charge in [0.25, 0.3) is 0 Å². The molecule has 1 unspecified atom stereocenters. The molecule has 1 aliphatic heterocycles. The van der Waals surface area contributed by atoms with Gasteiger partial charge in [0.2, 0.25) is 5.90 Å². The zero-order valence-electron chi connectivity index (χ0n) is 14.9. The van der Waals surface area contributed by atoms with Gasteiger partial charge in [0.1, 0.15) is 0 Å². The lowest BCUT2D eigenvalue weighted by molar-refractivity contribution is -0.0831. The van der Waals surface area contributed by atoms with Gasteiger partial charge in [0.15, 0.2) is 5.72 Å². The molecule has 2 rings (SSSR count). The zero-order chi connectivity index (χ0) is 18.8. The summed E-state index contributed by atoms with van der Waals surface area (Å²) in [4.78, 5) is 11.7. The molecule has 0 amide bonds. The van der Waals surface area contributed by atoms with Crippen molar-refractivity contribution in [1.29, 1.82) is 0 Å². The summed E-state index contributed by atoms with van der Waals surface area (Å²) in [5.74, 6) is 0.196. The number of rotatable bonds is 3. The lowest BCUT2D eigenvalue weighted by atomic mass is 9.80. The molecule has 0 bridgehead atoms. The summed E-state index contributed by atoms with van der Waals surface area (Å²) in [6, 6.07) is 5.09. The Morgan fingerprint density at radius 3 is 2.56 bits per heavy atom. The first-order valence-corrected chi connectivity index (χ1v) is 8.62. The summed E-state index contributed by atoms with van der Waals surface area (Å²) >= 11 is 12.4. The van der Waals surface area contributed by atoms with Gasteiger partial charge in [0.05, 0.1) is 23.7 Å². The highest BCUT2D eigenvalue weighted by Gasteiger charge is 2.54. The Morgan fingerprint density at radius 1 is 1.36 bits per heavy atom. The molecule has 0 saturated carbocycles. The van der Waals surface area contributed by atoms with Crippen molar-refractivity contribution in [2.24, 2.45) is 10.5 Å². The molecule has 0 spiro atoms. The highest BCUT2D eigenvalue weighted by Crippen LogP contribution is 2.47. The maximum Gasteiger partial charge on any atom is 0.514 e. The topological polar surface area (TPSA) is 60.4 Å². The van der Waals surface area contributed by atoms with Gasteiger partial charge in [0, 0.05) is 17.5 Å². The van der Waals surface area contributed by atoms with Crippen LogP contribution in [0, 0.1) is 5.41 Å². The summed E-state index contributed by atoms with van der Waals surface area (Å²) in [5.41, 5.74) is -0.675. The van der Waals surface area contributed by atoms with E-state index in [1.54, 1.807) is 37.2 Å². The molecule has 0 N–H and O–H groups in total. The largest absolute Gasteiger partial charge is 0.514 e. The number of halogens is 2. The maximum absolute atomic E-state index is 11.7. The van der Waals surface area contributed by atoms with Crippen LogP contribution in [0.25, 0.3) is 0 Å². The standard InChI is InChI=1S/C17H22Cl2N2O4/c1-6-24-15(22)25-14-10-17(23-5,16(2,3)4)21(20-14)13-8-7-11(18)9-12(13)19/h7-9H,6,10H2,1-5H3. The van der Waals surface area contributed by atoms with E-state index >= 15 is 0 Å². The molecule has 138 valence electrons. The predicted molar refractivity (Wildman–Crippen MR) is 98.3 cm³/mol. The van der Waals surface area contributed by atoms with E-state index in [1.807, 2.05) is 20.8 Å². The second-order valence-corrected chi connectivity index (χ2v) is 7.45. The van der Waals surface area contributed by atoms with Crippen LogP contribution < -0.4 is 5.01 Å². The number of anilines is 1. The molecular weight excluding hydrogens is 367 g/mol. The first-order chi connectivity index (χ1) is 11.6. The number of hydrogen-bond donors (Lipinski definition) is 0. The summed E-state index contributed by atoms with van der Waals surface area (Å²) in [7, 11) is 1.59. The summed E-state index contributed by atoms with van der Waals surface area (Å²) < 4.78 is 15.9. The van der Waals surface area contributed by atoms with Crippen LogP contribution in [0.2, 0.25) is 10.0 Å². The third kappa shape index (κ3) is 3.86. The lowest BCUT2D eigenvalue weighted by Crippen LogP contribution is -2.55. The fourth-order valence-electron chi connectivity index (χ4n) is 2.76. The first-order valence-electron chi connectivity index (χ1n) is 7.87. The van der Waals surface area contributed by atoms with Gasteiger partial charge in [-0.3, -0.25) is 0 Å². The fraction of sp³-hybridized carbons (Fsp3) is 0.529. The van der Waals surface area contributed by atoms with Crippen molar-refractivity contribution in [3.05, 3.63) is 28.2 Å². The predicted octanol–water partition coefficient (Wildman–Crippen LogP) is 5.08. The number of nitrogens with zero attached hydrogens (tertiary/aromatic N) is 2. The molecule has 0 fully saturated rings. The Morgan fingerprint density at radius 2 is 2.04 bits per heavy atom. The average molecular weight is 389 g/mol. The second kappa shape index (κ2) is 7.40. The van der Waals surface area contributed by atoms with E-state index in [1.165, 1.54) is 0 Å². The van der Waals surface area contributed by atoms with Gasteiger partial charge in [-0.15, -0.1) is 5.10 Å². The van der Waals surface area contributed by atoms with Crippen molar-refractivity contribution < 1.29 is 19.0 Å². The number of carbonyl (C=O) groups is 1. The van der Waals surface area contributed by atoms with Gasteiger partial charge in [-0.25, -0.2) is 9.80 Å². The van der Waals surface area contributed by atoms with Crippen molar-refractivity contribution >= 4 is 40.9 Å². The maximum atomic E-state index is 11.7. The smallest absolute Gasteiger partial charge is 0.434 e. The van der Waals surface area contributed by atoms with E-state index in [0.29, 0.717) is 15.7 Å². The van der Waals surface area contributed by atoms with Gasteiger partial charge in [-0.05, 0) is 25.1 Å². The molecule has 1 aromatic rings. The van der Waals surface area contributed by atoms with Gasteiger partial charge < -0.3 is 14.2 Å². The molecule has 1 aromatic carbocycles. The monoisotopic (exact) mass is 388 g/mol. The quantitative estimate of drug-likeness (QED) is 0.675. The third-order valence-electron chi connectivity index (χ3n) is 4.06. The van der Waals surface area contributed by atoms with E-state index < -0.39 is 11.9 Å². The van der Waals surface area contributed by atoms with Crippen molar-refractivity contribution in [1.82, 2.24) is 0 Å². The van der Waals surface area contributed by atoms with Crippen molar-refractivity contribution in [3.63, 3.8) is 0 Å². The third-order valence-corrected chi connectivity index (χ3v) is 4.59. The number of hydrogen-bond acceptors (Lipinski definition) is 6. The number of methoxy groups -OCH3 is 1. The number of hydrazone groups is 1. The van der Waals surface area contributed by atoms with Crippen molar-refractivity contribution in [3.8, 4) is 0 Å². The van der Waals surface area contributed by atoms with Crippen molar-refractivity contribution in [2.45, 2.75) is 39.8 Å². The van der Waals surface area contributed by atoms with Crippen LogP contribution in [0.5, 0.6) is 0 Å². The molecular formula is C17H22Cl2N2O4. The highest BCUT2D eigenvalue weighted by atomic mass is 35.5. The molecule has 0 aliphatic carbocycles. The van der Waals surface area contributed by atoms with E-state index in [2.05, 4.69) is 5.10 Å².